The highest BCUT2D eigenvalue weighted by Gasteiger charge is 2.31. The van der Waals surface area contributed by atoms with Crippen molar-refractivity contribution >= 4 is 17.7 Å². The summed E-state index contributed by atoms with van der Waals surface area (Å²) < 4.78 is 0. The zero-order chi connectivity index (χ0) is 20.2. The lowest BCUT2D eigenvalue weighted by atomic mass is 10.1. The molecule has 2 aliphatic heterocycles. The number of fused-ring (bicyclic) bond motifs is 1. The van der Waals surface area contributed by atoms with Crippen molar-refractivity contribution in [1.82, 2.24) is 25.1 Å². The molecule has 1 aromatic carbocycles. The average molecular weight is 393 g/mol. The van der Waals surface area contributed by atoms with Gasteiger partial charge in [0.2, 0.25) is 11.8 Å². The van der Waals surface area contributed by atoms with E-state index in [-0.39, 0.29) is 30.3 Å². The predicted octanol–water partition coefficient (Wildman–Crippen LogP) is 0.782. The van der Waals surface area contributed by atoms with E-state index in [1.165, 1.54) is 0 Å². The molecular weight excluding hydrogens is 370 g/mol. The minimum absolute atomic E-state index is 0.0311. The van der Waals surface area contributed by atoms with Gasteiger partial charge in [-0.05, 0) is 24.1 Å². The minimum atomic E-state index is -0.192. The second-order valence-electron chi connectivity index (χ2n) is 7.38. The molecule has 3 amide bonds. The van der Waals surface area contributed by atoms with E-state index in [1.54, 1.807) is 34.3 Å². The Morgan fingerprint density at radius 2 is 1.93 bits per heavy atom. The number of hydrogen-bond acceptors (Lipinski definition) is 5. The van der Waals surface area contributed by atoms with Crippen LogP contribution < -0.4 is 5.32 Å². The Balaban J connectivity index is 1.22. The standard InChI is InChI=1S/C21H23N5O3/c27-19(14-26-12-15-4-1-2-5-17(15)21(26)29)24-16-8-11-25(13-16)20(28)7-6-18-22-9-3-10-23-18/h1-5,9-10,16H,6-8,11-14H2,(H,24,27)/t16-/m0/s1. The molecule has 8 nitrogen and oxygen atoms in total. The van der Waals surface area contributed by atoms with Gasteiger partial charge in [0.25, 0.3) is 5.91 Å². The number of aromatic nitrogens is 2. The lowest BCUT2D eigenvalue weighted by Crippen LogP contribution is -2.43. The lowest BCUT2D eigenvalue weighted by molar-refractivity contribution is -0.130. The quantitative estimate of drug-likeness (QED) is 0.783. The van der Waals surface area contributed by atoms with E-state index in [4.69, 9.17) is 0 Å². The molecule has 29 heavy (non-hydrogen) atoms. The van der Waals surface area contributed by atoms with Crippen molar-refractivity contribution in [2.24, 2.45) is 0 Å². The minimum Gasteiger partial charge on any atom is -0.350 e. The molecule has 2 aromatic rings. The fraction of sp³-hybridized carbons (Fsp3) is 0.381. The molecule has 150 valence electrons. The van der Waals surface area contributed by atoms with Crippen LogP contribution in [0.5, 0.6) is 0 Å². The van der Waals surface area contributed by atoms with Gasteiger partial charge in [-0.25, -0.2) is 9.97 Å². The Morgan fingerprint density at radius 3 is 2.72 bits per heavy atom. The molecule has 1 aromatic heterocycles. The van der Waals surface area contributed by atoms with Crippen LogP contribution in [0, 0.1) is 0 Å². The van der Waals surface area contributed by atoms with Crippen LogP contribution in [0.3, 0.4) is 0 Å². The number of carbonyl (C=O) groups is 3. The van der Waals surface area contributed by atoms with Crippen LogP contribution in [0.15, 0.2) is 42.7 Å². The number of benzene rings is 1. The van der Waals surface area contributed by atoms with Gasteiger partial charge in [0, 0.05) is 56.5 Å². The third-order valence-corrected chi connectivity index (χ3v) is 5.32. The van der Waals surface area contributed by atoms with E-state index >= 15 is 0 Å². The Bertz CT molecular complexity index is 918. The van der Waals surface area contributed by atoms with Gasteiger partial charge in [0.1, 0.15) is 12.4 Å². The van der Waals surface area contributed by atoms with Gasteiger partial charge in [-0.3, -0.25) is 14.4 Å². The van der Waals surface area contributed by atoms with Gasteiger partial charge in [-0.2, -0.15) is 0 Å². The van der Waals surface area contributed by atoms with Crippen molar-refractivity contribution < 1.29 is 14.4 Å². The topological polar surface area (TPSA) is 95.5 Å². The smallest absolute Gasteiger partial charge is 0.254 e. The van der Waals surface area contributed by atoms with Gasteiger partial charge < -0.3 is 15.1 Å². The Kier molecular flexibility index (Phi) is 5.50. The average Bonchev–Trinajstić information content (AvgIpc) is 3.32. The first-order chi connectivity index (χ1) is 14.1. The number of amides is 3. The Hall–Kier alpha value is -3.29. The fourth-order valence-corrected chi connectivity index (χ4v) is 3.83. The highest BCUT2D eigenvalue weighted by molar-refractivity contribution is 6.00. The zero-order valence-corrected chi connectivity index (χ0v) is 16.1. The number of likely N-dealkylation sites (tertiary alicyclic amines) is 1. The summed E-state index contributed by atoms with van der Waals surface area (Å²) >= 11 is 0. The summed E-state index contributed by atoms with van der Waals surface area (Å²) in [5.41, 5.74) is 1.62. The molecule has 0 spiro atoms. The van der Waals surface area contributed by atoms with Crippen molar-refractivity contribution in [3.05, 3.63) is 59.7 Å². The molecule has 0 radical (unpaired) electrons. The molecule has 3 heterocycles. The second-order valence-corrected chi connectivity index (χ2v) is 7.38. The molecule has 0 saturated carbocycles. The summed E-state index contributed by atoms with van der Waals surface area (Å²) in [6, 6.07) is 9.08. The number of aryl methyl sites for hydroxylation is 1. The van der Waals surface area contributed by atoms with Crippen LogP contribution in [0.25, 0.3) is 0 Å². The van der Waals surface area contributed by atoms with E-state index in [1.807, 2.05) is 18.2 Å². The summed E-state index contributed by atoms with van der Waals surface area (Å²) in [4.78, 5) is 48.8. The van der Waals surface area contributed by atoms with Crippen LogP contribution in [-0.4, -0.2) is 63.2 Å². The fourth-order valence-electron chi connectivity index (χ4n) is 3.83. The number of nitrogens with one attached hydrogen (secondary N) is 1. The molecule has 4 rings (SSSR count). The highest BCUT2D eigenvalue weighted by Crippen LogP contribution is 2.21. The summed E-state index contributed by atoms with van der Waals surface area (Å²) in [6.07, 6.45) is 4.90. The van der Waals surface area contributed by atoms with Gasteiger partial charge >= 0.3 is 0 Å². The SMILES string of the molecule is O=C(CN1Cc2ccccc2C1=O)N[C@H]1CCN(C(=O)CCc2ncccn2)C1. The summed E-state index contributed by atoms with van der Waals surface area (Å²) in [7, 11) is 0. The summed E-state index contributed by atoms with van der Waals surface area (Å²) in [5, 5.41) is 2.96. The number of hydrogen-bond donors (Lipinski definition) is 1. The third-order valence-electron chi connectivity index (χ3n) is 5.32. The monoisotopic (exact) mass is 393 g/mol. The molecule has 1 fully saturated rings. The van der Waals surface area contributed by atoms with Gasteiger partial charge in [0.05, 0.1) is 0 Å². The molecule has 0 unspecified atom stereocenters. The van der Waals surface area contributed by atoms with Gasteiger partial charge in [0.15, 0.2) is 0 Å². The Labute approximate surface area is 168 Å². The molecule has 0 bridgehead atoms. The molecule has 2 aliphatic rings. The maximum Gasteiger partial charge on any atom is 0.254 e. The van der Waals surface area contributed by atoms with Crippen LogP contribution in [0.4, 0.5) is 0 Å². The molecule has 1 N–H and O–H groups in total. The first kappa shape index (κ1) is 19.0. The van der Waals surface area contributed by atoms with Crippen molar-refractivity contribution in [3.8, 4) is 0 Å². The molecular formula is C21H23N5O3. The maximum atomic E-state index is 12.4. The number of rotatable bonds is 6. The second kappa shape index (κ2) is 8.38. The van der Waals surface area contributed by atoms with Crippen LogP contribution in [-0.2, 0) is 22.6 Å². The molecule has 8 heteroatoms. The lowest BCUT2D eigenvalue weighted by Gasteiger charge is -2.19. The zero-order valence-electron chi connectivity index (χ0n) is 16.1. The highest BCUT2D eigenvalue weighted by atomic mass is 16.2. The number of nitrogens with zero attached hydrogens (tertiary/aromatic N) is 4. The van der Waals surface area contributed by atoms with E-state index in [0.29, 0.717) is 50.3 Å². The Morgan fingerprint density at radius 1 is 1.14 bits per heavy atom. The van der Waals surface area contributed by atoms with Crippen LogP contribution in [0.2, 0.25) is 0 Å². The first-order valence-electron chi connectivity index (χ1n) is 9.80. The summed E-state index contributed by atoms with van der Waals surface area (Å²) in [6.45, 7) is 1.60. The number of carbonyl (C=O) groups excluding carboxylic acids is 3. The van der Waals surface area contributed by atoms with Crippen LogP contribution >= 0.6 is 0 Å². The van der Waals surface area contributed by atoms with Crippen molar-refractivity contribution in [2.45, 2.75) is 31.8 Å². The van der Waals surface area contributed by atoms with E-state index in [0.717, 1.165) is 5.56 Å². The maximum absolute atomic E-state index is 12.4. The van der Waals surface area contributed by atoms with E-state index in [9.17, 15) is 14.4 Å². The van der Waals surface area contributed by atoms with E-state index in [2.05, 4.69) is 15.3 Å². The first-order valence-corrected chi connectivity index (χ1v) is 9.80. The normalized spacial score (nSPS) is 18.1. The molecule has 0 aliphatic carbocycles. The van der Waals surface area contributed by atoms with Crippen molar-refractivity contribution in [3.63, 3.8) is 0 Å². The summed E-state index contributed by atoms with van der Waals surface area (Å²) in [5.74, 6) is 0.394. The molecule has 1 atom stereocenters. The largest absolute Gasteiger partial charge is 0.350 e. The van der Waals surface area contributed by atoms with Gasteiger partial charge in [-0.1, -0.05) is 18.2 Å². The van der Waals surface area contributed by atoms with Crippen molar-refractivity contribution in [1.29, 1.82) is 0 Å². The van der Waals surface area contributed by atoms with Gasteiger partial charge in [-0.15, -0.1) is 0 Å². The predicted molar refractivity (Wildman–Crippen MR) is 105 cm³/mol. The third kappa shape index (κ3) is 4.42. The van der Waals surface area contributed by atoms with Crippen molar-refractivity contribution in [2.75, 3.05) is 19.6 Å². The van der Waals surface area contributed by atoms with E-state index < -0.39 is 0 Å². The molecule has 1 saturated heterocycles. The van der Waals surface area contributed by atoms with Crippen LogP contribution in [0.1, 0.15) is 34.6 Å².